The van der Waals surface area contributed by atoms with Crippen LogP contribution in [0, 0.1) is 0 Å². The van der Waals surface area contributed by atoms with Crippen LogP contribution in [0.4, 0.5) is 11.4 Å². The lowest BCUT2D eigenvalue weighted by molar-refractivity contribution is -0.437. The molecule has 3 heterocycles. The maximum absolute atomic E-state index is 14.7. The summed E-state index contributed by atoms with van der Waals surface area (Å²) in [5, 5.41) is 0. The second kappa shape index (κ2) is 19.2. The van der Waals surface area contributed by atoms with Gasteiger partial charge in [-0.1, -0.05) is 82.7 Å². The Bertz CT molecular complexity index is 1960. The molecule has 1 aliphatic carbocycles. The molecule has 2 aromatic carbocycles. The number of carbonyl (C=O) groups excluding carboxylic acids is 2. The van der Waals surface area contributed by atoms with Crippen molar-refractivity contribution in [2.24, 2.45) is 0 Å². The zero-order valence-electron chi connectivity index (χ0n) is 37.0. The van der Waals surface area contributed by atoms with Gasteiger partial charge in [0.25, 0.3) is 0 Å². The molecule has 0 bridgehead atoms. The van der Waals surface area contributed by atoms with Crippen LogP contribution < -0.4 is 4.90 Å². The number of para-hydroxylation sites is 2. The number of ether oxygens (including phenoxy) is 1. The zero-order valence-corrected chi connectivity index (χ0v) is 37.0. The molecular formula is C51H71N4O3+. The summed E-state index contributed by atoms with van der Waals surface area (Å²) in [6.07, 6.45) is 20.1. The predicted molar refractivity (Wildman–Crippen MR) is 240 cm³/mol. The Morgan fingerprint density at radius 2 is 1.62 bits per heavy atom. The second-order valence-electron chi connectivity index (χ2n) is 18.0. The highest BCUT2D eigenvalue weighted by Crippen LogP contribution is 2.48. The fraction of sp³-hybridized carbons (Fsp3) is 0.549. The third-order valence-electron chi connectivity index (χ3n) is 13.2. The van der Waals surface area contributed by atoms with E-state index < -0.39 is 0 Å². The van der Waals surface area contributed by atoms with Crippen molar-refractivity contribution in [1.29, 1.82) is 0 Å². The molecule has 1 saturated heterocycles. The maximum Gasteiger partial charge on any atom is 0.305 e. The van der Waals surface area contributed by atoms with Gasteiger partial charge in [0, 0.05) is 85.1 Å². The highest BCUT2D eigenvalue weighted by Gasteiger charge is 2.44. The first kappa shape index (κ1) is 43.4. The van der Waals surface area contributed by atoms with Gasteiger partial charge >= 0.3 is 5.97 Å². The van der Waals surface area contributed by atoms with E-state index in [1.54, 1.807) is 0 Å². The highest BCUT2D eigenvalue weighted by atomic mass is 16.5. The largest absolute Gasteiger partial charge is 0.469 e. The molecule has 2 aromatic rings. The molecule has 1 fully saturated rings. The Kier molecular flexibility index (Phi) is 14.4. The van der Waals surface area contributed by atoms with Crippen LogP contribution in [0.15, 0.2) is 95.4 Å². The Morgan fingerprint density at radius 3 is 2.36 bits per heavy atom. The van der Waals surface area contributed by atoms with E-state index in [0.29, 0.717) is 25.4 Å². The third-order valence-corrected chi connectivity index (χ3v) is 13.2. The maximum atomic E-state index is 14.7. The number of benzene rings is 2. The standard InChI is InChI=1S/C51H71N4O3/c1-9-33-53-43-25-13-11-23-41(43)50(4,5)45(53)31-29-39-21-17-22-40(30-32-46-51(6,7)42-24-12-14-26-44(42)54(46)34-10-2)49(39)55(47(56)27-18-28-48(57)58-8)37-19-36-52-35-16-15-20-38(52)3/h11-14,23-26,29-32,38H,9-10,15-22,27-28,33-37H2,1-8H3/q+1. The molecule has 6 rings (SSSR count). The fourth-order valence-corrected chi connectivity index (χ4v) is 10.1. The van der Waals surface area contributed by atoms with E-state index in [1.807, 2.05) is 0 Å². The van der Waals surface area contributed by atoms with Crippen LogP contribution in [0.2, 0.25) is 0 Å². The summed E-state index contributed by atoms with van der Waals surface area (Å²) in [6, 6.07) is 18.3. The lowest BCUT2D eigenvalue weighted by atomic mass is 9.81. The molecule has 1 unspecified atom stereocenters. The summed E-state index contributed by atoms with van der Waals surface area (Å²) in [5.74, 6) is -0.177. The fourth-order valence-electron chi connectivity index (χ4n) is 10.1. The number of fused-ring (bicyclic) bond motifs is 2. The third kappa shape index (κ3) is 9.15. The molecule has 1 atom stereocenters. The number of hydrogen-bond acceptors (Lipinski definition) is 5. The quantitative estimate of drug-likeness (QED) is 0.125. The van der Waals surface area contributed by atoms with Gasteiger partial charge in [-0.05, 0) is 108 Å². The molecule has 0 spiro atoms. The average molecular weight is 788 g/mol. The molecule has 3 aliphatic heterocycles. The Labute approximate surface area is 350 Å². The van der Waals surface area contributed by atoms with E-state index in [1.165, 1.54) is 71.4 Å². The summed E-state index contributed by atoms with van der Waals surface area (Å²) in [7, 11) is 1.42. The molecule has 0 radical (unpaired) electrons. The molecule has 7 nitrogen and oxygen atoms in total. The van der Waals surface area contributed by atoms with E-state index in [2.05, 4.69) is 141 Å². The summed E-state index contributed by atoms with van der Waals surface area (Å²) < 4.78 is 7.47. The predicted octanol–water partition coefficient (Wildman–Crippen LogP) is 10.9. The van der Waals surface area contributed by atoms with Crippen molar-refractivity contribution in [1.82, 2.24) is 9.80 Å². The molecule has 7 heteroatoms. The van der Waals surface area contributed by atoms with Gasteiger partial charge in [0.15, 0.2) is 5.71 Å². The number of allylic oxidation sites excluding steroid dienone is 7. The number of piperidine rings is 1. The lowest BCUT2D eigenvalue weighted by Gasteiger charge is -2.35. The average Bonchev–Trinajstić information content (AvgIpc) is 3.56. The van der Waals surface area contributed by atoms with Crippen LogP contribution in [-0.4, -0.2) is 77.8 Å². The monoisotopic (exact) mass is 788 g/mol. The molecule has 0 saturated carbocycles. The molecule has 0 aromatic heterocycles. The van der Waals surface area contributed by atoms with Crippen LogP contribution in [0.3, 0.4) is 0 Å². The number of amides is 1. The topological polar surface area (TPSA) is 56.1 Å². The summed E-state index contributed by atoms with van der Waals surface area (Å²) in [4.78, 5) is 34.1. The van der Waals surface area contributed by atoms with Crippen molar-refractivity contribution in [3.8, 4) is 0 Å². The van der Waals surface area contributed by atoms with E-state index in [9.17, 15) is 9.59 Å². The number of anilines is 1. The van der Waals surface area contributed by atoms with Gasteiger partial charge < -0.3 is 19.4 Å². The SMILES string of the molecule is CCCN1C(=CC=C2CCCC(C=CC3=[N+](CCC)c4ccccc4C3(C)C)=C2N(CCCN2CCCCC2C)C(=O)CCCC(=O)OC)C(C)(C)c2ccccc21. The number of nitrogens with zero attached hydrogens (tertiary/aromatic N) is 4. The van der Waals surface area contributed by atoms with Gasteiger partial charge in [0.2, 0.25) is 11.6 Å². The van der Waals surface area contributed by atoms with Crippen molar-refractivity contribution < 1.29 is 18.9 Å². The summed E-state index contributed by atoms with van der Waals surface area (Å²) >= 11 is 0. The number of hydrogen-bond donors (Lipinski definition) is 0. The van der Waals surface area contributed by atoms with Gasteiger partial charge in [-0.3, -0.25) is 9.59 Å². The first-order chi connectivity index (χ1) is 27.9. The number of likely N-dealkylation sites (tertiary alicyclic amines) is 1. The van der Waals surface area contributed by atoms with E-state index >= 15 is 0 Å². The van der Waals surface area contributed by atoms with Crippen molar-refractivity contribution in [2.45, 2.75) is 142 Å². The zero-order chi connectivity index (χ0) is 41.5. The minimum absolute atomic E-state index is 0.0898. The molecule has 4 aliphatic rings. The number of esters is 1. The van der Waals surface area contributed by atoms with Crippen LogP contribution in [-0.2, 0) is 25.2 Å². The van der Waals surface area contributed by atoms with E-state index in [4.69, 9.17) is 4.74 Å². The van der Waals surface area contributed by atoms with Gasteiger partial charge in [-0.25, -0.2) is 0 Å². The van der Waals surface area contributed by atoms with E-state index in [0.717, 1.165) is 70.4 Å². The van der Waals surface area contributed by atoms with Gasteiger partial charge in [0.1, 0.15) is 6.54 Å². The summed E-state index contributed by atoms with van der Waals surface area (Å²) in [6.45, 7) is 20.9. The van der Waals surface area contributed by atoms with Gasteiger partial charge in [0.05, 0.1) is 12.5 Å². The second-order valence-corrected chi connectivity index (χ2v) is 18.0. The normalized spacial score (nSPS) is 21.7. The number of carbonyl (C=O) groups is 2. The Balaban J connectivity index is 1.47. The van der Waals surface area contributed by atoms with Gasteiger partial charge in [-0.15, -0.1) is 0 Å². The summed E-state index contributed by atoms with van der Waals surface area (Å²) in [5.41, 5.74) is 11.1. The van der Waals surface area contributed by atoms with Crippen LogP contribution >= 0.6 is 0 Å². The van der Waals surface area contributed by atoms with Crippen molar-refractivity contribution in [3.05, 3.63) is 107 Å². The smallest absolute Gasteiger partial charge is 0.305 e. The molecule has 58 heavy (non-hydrogen) atoms. The molecule has 0 N–H and O–H groups in total. The van der Waals surface area contributed by atoms with Crippen molar-refractivity contribution in [3.63, 3.8) is 0 Å². The minimum Gasteiger partial charge on any atom is -0.469 e. The highest BCUT2D eigenvalue weighted by molar-refractivity contribution is 6.03. The van der Waals surface area contributed by atoms with Crippen LogP contribution in [0.5, 0.6) is 0 Å². The van der Waals surface area contributed by atoms with Crippen LogP contribution in [0.25, 0.3) is 0 Å². The number of methoxy groups -OCH3 is 1. The molecular weight excluding hydrogens is 717 g/mol. The van der Waals surface area contributed by atoms with Crippen molar-refractivity contribution >= 4 is 29.0 Å². The molecule has 1 amide bonds. The number of rotatable bonds is 16. The lowest BCUT2D eigenvalue weighted by Crippen LogP contribution is -2.40. The Morgan fingerprint density at radius 1 is 0.862 bits per heavy atom. The first-order valence-corrected chi connectivity index (χ1v) is 22.5. The van der Waals surface area contributed by atoms with Gasteiger partial charge in [-0.2, -0.15) is 4.58 Å². The minimum atomic E-state index is -0.267. The Hall–Kier alpha value is -4.23. The van der Waals surface area contributed by atoms with E-state index in [-0.39, 0.29) is 29.1 Å². The molecule has 312 valence electrons. The van der Waals surface area contributed by atoms with Crippen LogP contribution in [0.1, 0.15) is 137 Å². The van der Waals surface area contributed by atoms with Crippen molar-refractivity contribution in [2.75, 3.05) is 44.7 Å². The first-order valence-electron chi connectivity index (χ1n) is 22.5.